The highest BCUT2D eigenvalue weighted by Crippen LogP contribution is 2.29. The molecular weight excluding hydrogens is 216 g/mol. The van der Waals surface area contributed by atoms with Gasteiger partial charge in [-0.25, -0.2) is 4.79 Å². The van der Waals surface area contributed by atoms with Gasteiger partial charge in [0.2, 0.25) is 0 Å². The van der Waals surface area contributed by atoms with Gasteiger partial charge in [0.25, 0.3) is 0 Å². The summed E-state index contributed by atoms with van der Waals surface area (Å²) in [7, 11) is 1.34. The molecule has 15 heavy (non-hydrogen) atoms. The number of esters is 1. The first kappa shape index (κ1) is 10.1. The van der Waals surface area contributed by atoms with E-state index in [0.29, 0.717) is 16.2 Å². The van der Waals surface area contributed by atoms with Crippen LogP contribution in [0.2, 0.25) is 5.02 Å². The van der Waals surface area contributed by atoms with Crippen LogP contribution in [0.3, 0.4) is 0 Å². The minimum atomic E-state index is -0.403. The monoisotopic (exact) mass is 224 g/mol. The number of aryl methyl sites for hydroxylation is 1. The van der Waals surface area contributed by atoms with Crippen LogP contribution < -0.4 is 0 Å². The van der Waals surface area contributed by atoms with Crippen molar-refractivity contribution in [2.75, 3.05) is 7.11 Å². The Morgan fingerprint density at radius 1 is 1.47 bits per heavy atom. The van der Waals surface area contributed by atoms with Crippen molar-refractivity contribution in [1.29, 1.82) is 0 Å². The molecule has 1 aromatic heterocycles. The number of rotatable bonds is 1. The maximum atomic E-state index is 11.3. The summed E-state index contributed by atoms with van der Waals surface area (Å²) in [5, 5.41) is 1.25. The summed E-state index contributed by atoms with van der Waals surface area (Å²) < 4.78 is 9.89. The van der Waals surface area contributed by atoms with Gasteiger partial charge in [-0.05, 0) is 24.6 Å². The lowest BCUT2D eigenvalue weighted by molar-refractivity contribution is 0.0601. The molecule has 78 valence electrons. The molecule has 0 unspecified atom stereocenters. The molecule has 2 aromatic rings. The van der Waals surface area contributed by atoms with Crippen molar-refractivity contribution < 1.29 is 13.9 Å². The Bertz CT molecular complexity index is 528. The zero-order valence-corrected chi connectivity index (χ0v) is 9.09. The number of hydrogen-bond acceptors (Lipinski definition) is 3. The Labute approximate surface area is 91.6 Å². The fourth-order valence-electron chi connectivity index (χ4n) is 1.45. The Hall–Kier alpha value is -1.48. The van der Waals surface area contributed by atoms with Gasteiger partial charge in [0, 0.05) is 5.39 Å². The molecule has 1 heterocycles. The van der Waals surface area contributed by atoms with Gasteiger partial charge in [0.15, 0.2) is 5.58 Å². The number of benzene rings is 1. The molecule has 1 aromatic carbocycles. The lowest BCUT2D eigenvalue weighted by Gasteiger charge is -2.00. The highest BCUT2D eigenvalue weighted by molar-refractivity contribution is 6.35. The third-order valence-electron chi connectivity index (χ3n) is 2.24. The largest absolute Gasteiger partial charge is 0.465 e. The normalized spacial score (nSPS) is 10.6. The fraction of sp³-hybridized carbons (Fsp3) is 0.182. The highest BCUT2D eigenvalue weighted by atomic mass is 35.5. The SMILES string of the molecule is COC(=O)c1cc(Cl)c2occ(C)c2c1. The van der Waals surface area contributed by atoms with Crippen molar-refractivity contribution in [3.05, 3.63) is 34.5 Å². The topological polar surface area (TPSA) is 39.4 Å². The lowest BCUT2D eigenvalue weighted by Crippen LogP contribution is -2.00. The van der Waals surface area contributed by atoms with Crippen molar-refractivity contribution in [2.45, 2.75) is 6.92 Å². The predicted molar refractivity (Wildman–Crippen MR) is 57.3 cm³/mol. The molecule has 0 aliphatic rings. The van der Waals surface area contributed by atoms with Gasteiger partial charge in [-0.3, -0.25) is 0 Å². The average molecular weight is 225 g/mol. The summed E-state index contributed by atoms with van der Waals surface area (Å²) >= 11 is 5.98. The molecule has 0 aliphatic carbocycles. The van der Waals surface area contributed by atoms with Crippen LogP contribution >= 0.6 is 11.6 Å². The summed E-state index contributed by atoms with van der Waals surface area (Å²) in [4.78, 5) is 11.3. The van der Waals surface area contributed by atoms with Gasteiger partial charge < -0.3 is 9.15 Å². The van der Waals surface area contributed by atoms with Gasteiger partial charge in [-0.2, -0.15) is 0 Å². The van der Waals surface area contributed by atoms with E-state index in [4.69, 9.17) is 16.0 Å². The minimum Gasteiger partial charge on any atom is -0.465 e. The molecule has 2 rings (SSSR count). The van der Waals surface area contributed by atoms with E-state index in [1.165, 1.54) is 7.11 Å². The number of carbonyl (C=O) groups excluding carboxylic acids is 1. The van der Waals surface area contributed by atoms with Crippen LogP contribution in [0.5, 0.6) is 0 Å². The molecule has 0 spiro atoms. The third kappa shape index (κ3) is 1.59. The molecule has 4 heteroatoms. The molecule has 0 aliphatic heterocycles. The average Bonchev–Trinajstić information content (AvgIpc) is 2.60. The Morgan fingerprint density at radius 3 is 2.87 bits per heavy atom. The number of hydrogen-bond donors (Lipinski definition) is 0. The number of carbonyl (C=O) groups is 1. The molecule has 0 fully saturated rings. The maximum Gasteiger partial charge on any atom is 0.337 e. The van der Waals surface area contributed by atoms with Crippen LogP contribution in [0.15, 0.2) is 22.8 Å². The van der Waals surface area contributed by atoms with Gasteiger partial charge in [0.05, 0.1) is 24.0 Å². The van der Waals surface area contributed by atoms with Crippen LogP contribution in [0.4, 0.5) is 0 Å². The molecule has 3 nitrogen and oxygen atoms in total. The van der Waals surface area contributed by atoms with E-state index in [0.717, 1.165) is 10.9 Å². The summed E-state index contributed by atoms with van der Waals surface area (Å²) in [5.74, 6) is -0.403. The summed E-state index contributed by atoms with van der Waals surface area (Å²) in [5.41, 5.74) is 1.97. The summed E-state index contributed by atoms with van der Waals surface area (Å²) in [6, 6.07) is 3.25. The molecule has 0 saturated heterocycles. The first-order chi connectivity index (χ1) is 7.13. The van der Waals surface area contributed by atoms with Crippen LogP contribution in [0.1, 0.15) is 15.9 Å². The van der Waals surface area contributed by atoms with Crippen molar-refractivity contribution in [2.24, 2.45) is 0 Å². The second-order valence-electron chi connectivity index (χ2n) is 3.25. The van der Waals surface area contributed by atoms with Crippen LogP contribution in [-0.4, -0.2) is 13.1 Å². The fourth-order valence-corrected chi connectivity index (χ4v) is 1.72. The second-order valence-corrected chi connectivity index (χ2v) is 3.65. The maximum absolute atomic E-state index is 11.3. The highest BCUT2D eigenvalue weighted by Gasteiger charge is 2.12. The zero-order chi connectivity index (χ0) is 11.0. The Morgan fingerprint density at radius 2 is 2.20 bits per heavy atom. The molecule has 0 atom stereocenters. The van der Waals surface area contributed by atoms with Gasteiger partial charge in [0.1, 0.15) is 0 Å². The van der Waals surface area contributed by atoms with Crippen molar-refractivity contribution in [3.8, 4) is 0 Å². The third-order valence-corrected chi connectivity index (χ3v) is 2.52. The van der Waals surface area contributed by atoms with E-state index in [1.807, 2.05) is 6.92 Å². The number of halogens is 1. The van der Waals surface area contributed by atoms with E-state index in [9.17, 15) is 4.79 Å². The molecule has 0 amide bonds. The minimum absolute atomic E-state index is 0.403. The van der Waals surface area contributed by atoms with Crippen LogP contribution in [0.25, 0.3) is 11.0 Å². The van der Waals surface area contributed by atoms with Crippen molar-refractivity contribution >= 4 is 28.5 Å². The number of ether oxygens (including phenoxy) is 1. The number of fused-ring (bicyclic) bond motifs is 1. The Balaban J connectivity index is 2.70. The predicted octanol–water partition coefficient (Wildman–Crippen LogP) is 3.18. The number of methoxy groups -OCH3 is 1. The van der Waals surface area contributed by atoms with Gasteiger partial charge in [-0.15, -0.1) is 0 Å². The first-order valence-electron chi connectivity index (χ1n) is 4.39. The van der Waals surface area contributed by atoms with E-state index in [1.54, 1.807) is 18.4 Å². The molecule has 0 bridgehead atoms. The summed E-state index contributed by atoms with van der Waals surface area (Å²) in [6.07, 6.45) is 1.61. The smallest absolute Gasteiger partial charge is 0.337 e. The molecule has 0 N–H and O–H groups in total. The van der Waals surface area contributed by atoms with Crippen molar-refractivity contribution in [1.82, 2.24) is 0 Å². The lowest BCUT2D eigenvalue weighted by atomic mass is 10.1. The zero-order valence-electron chi connectivity index (χ0n) is 8.33. The molecule has 0 saturated carbocycles. The first-order valence-corrected chi connectivity index (χ1v) is 4.77. The van der Waals surface area contributed by atoms with E-state index >= 15 is 0 Å². The van der Waals surface area contributed by atoms with Crippen LogP contribution in [0, 0.1) is 6.92 Å². The van der Waals surface area contributed by atoms with Gasteiger partial charge >= 0.3 is 5.97 Å². The van der Waals surface area contributed by atoms with E-state index in [-0.39, 0.29) is 0 Å². The Kier molecular flexibility index (Phi) is 2.40. The van der Waals surface area contributed by atoms with Gasteiger partial charge in [-0.1, -0.05) is 11.6 Å². The second kappa shape index (κ2) is 3.59. The van der Waals surface area contributed by atoms with E-state index in [2.05, 4.69) is 4.74 Å². The number of furan rings is 1. The molecular formula is C11H9ClO3. The molecule has 0 radical (unpaired) electrons. The quantitative estimate of drug-likeness (QED) is 0.699. The van der Waals surface area contributed by atoms with Crippen LogP contribution in [-0.2, 0) is 4.74 Å². The van der Waals surface area contributed by atoms with E-state index < -0.39 is 5.97 Å². The summed E-state index contributed by atoms with van der Waals surface area (Å²) in [6.45, 7) is 1.89. The standard InChI is InChI=1S/C11H9ClO3/c1-6-5-15-10-8(6)3-7(4-9(10)12)11(13)14-2/h3-5H,1-2H3. The van der Waals surface area contributed by atoms with Crippen molar-refractivity contribution in [3.63, 3.8) is 0 Å².